The van der Waals surface area contributed by atoms with Crippen LogP contribution < -0.4 is 5.32 Å². The monoisotopic (exact) mass is 393 g/mol. The highest BCUT2D eigenvalue weighted by atomic mass is 16.5. The number of para-hydroxylation sites is 1. The Balaban J connectivity index is 1.34. The minimum atomic E-state index is -0.149. The number of hydrogen-bond donors (Lipinski definition) is 1. The summed E-state index contributed by atoms with van der Waals surface area (Å²) in [4.78, 5) is 17.7. The molecule has 2 aromatic rings. The summed E-state index contributed by atoms with van der Waals surface area (Å²) in [7, 11) is 0. The third-order valence-corrected chi connectivity index (χ3v) is 6.09. The van der Waals surface area contributed by atoms with E-state index in [0.717, 1.165) is 56.1 Å². The highest BCUT2D eigenvalue weighted by Crippen LogP contribution is 2.28. The third-order valence-electron chi connectivity index (χ3n) is 6.09. The summed E-state index contributed by atoms with van der Waals surface area (Å²) in [6, 6.07) is 18.1. The number of nitrogens with one attached hydrogen (secondary N) is 1. The first-order valence-corrected chi connectivity index (χ1v) is 10.7. The molecule has 2 heterocycles. The zero-order valence-electron chi connectivity index (χ0n) is 17.2. The van der Waals surface area contributed by atoms with Crippen LogP contribution in [-0.2, 0) is 9.53 Å². The smallest absolute Gasteiger partial charge is 0.241 e. The average Bonchev–Trinajstić information content (AvgIpc) is 3.28. The first-order valence-electron chi connectivity index (χ1n) is 10.7. The maximum atomic E-state index is 13.0. The highest BCUT2D eigenvalue weighted by molar-refractivity contribution is 5.98. The van der Waals surface area contributed by atoms with Crippen LogP contribution in [0.5, 0.6) is 0 Å². The van der Waals surface area contributed by atoms with Crippen LogP contribution in [-0.4, -0.2) is 67.2 Å². The van der Waals surface area contributed by atoms with Crippen molar-refractivity contribution in [2.24, 2.45) is 0 Å². The second-order valence-corrected chi connectivity index (χ2v) is 8.05. The van der Waals surface area contributed by atoms with E-state index in [4.69, 9.17) is 4.74 Å². The van der Waals surface area contributed by atoms with Gasteiger partial charge < -0.3 is 10.1 Å². The van der Waals surface area contributed by atoms with E-state index in [1.54, 1.807) is 0 Å². The number of ether oxygens (including phenoxy) is 1. The van der Waals surface area contributed by atoms with Crippen molar-refractivity contribution in [3.63, 3.8) is 0 Å². The fourth-order valence-corrected chi connectivity index (χ4v) is 4.27. The lowest BCUT2D eigenvalue weighted by Crippen LogP contribution is -2.53. The number of anilines is 1. The zero-order valence-corrected chi connectivity index (χ0v) is 17.2. The summed E-state index contributed by atoms with van der Waals surface area (Å²) in [6.07, 6.45) is 2.77. The van der Waals surface area contributed by atoms with Crippen molar-refractivity contribution in [3.8, 4) is 11.1 Å². The number of hydrogen-bond acceptors (Lipinski definition) is 4. The van der Waals surface area contributed by atoms with E-state index in [2.05, 4.69) is 33.3 Å². The molecule has 2 aromatic carbocycles. The Kier molecular flexibility index (Phi) is 6.60. The minimum absolute atomic E-state index is 0.0564. The Labute approximate surface area is 173 Å². The summed E-state index contributed by atoms with van der Waals surface area (Å²) in [5.74, 6) is 0.0564. The lowest BCUT2D eigenvalue weighted by molar-refractivity contribution is -0.121. The van der Waals surface area contributed by atoms with E-state index in [1.807, 2.05) is 43.3 Å². The normalized spacial score (nSPS) is 21.8. The summed E-state index contributed by atoms with van der Waals surface area (Å²) in [6.45, 7) is 7.78. The van der Waals surface area contributed by atoms with Gasteiger partial charge in [-0.15, -0.1) is 0 Å². The van der Waals surface area contributed by atoms with E-state index < -0.39 is 0 Å². The number of carbonyl (C=O) groups excluding carboxylic acids is 1. The Morgan fingerprint density at radius 3 is 2.52 bits per heavy atom. The van der Waals surface area contributed by atoms with Crippen LogP contribution in [0.1, 0.15) is 19.8 Å². The number of nitrogens with zero attached hydrogens (tertiary/aromatic N) is 2. The van der Waals surface area contributed by atoms with Gasteiger partial charge in [0.25, 0.3) is 0 Å². The first-order chi connectivity index (χ1) is 14.2. The Hall–Kier alpha value is -2.21. The average molecular weight is 394 g/mol. The molecule has 0 radical (unpaired) electrons. The maximum absolute atomic E-state index is 13.0. The largest absolute Gasteiger partial charge is 0.377 e. The molecule has 5 nitrogen and oxygen atoms in total. The molecule has 0 unspecified atom stereocenters. The number of rotatable bonds is 6. The second kappa shape index (κ2) is 9.53. The Bertz CT molecular complexity index is 797. The van der Waals surface area contributed by atoms with Gasteiger partial charge >= 0.3 is 0 Å². The van der Waals surface area contributed by atoms with Crippen LogP contribution >= 0.6 is 0 Å². The number of piperazine rings is 1. The zero-order chi connectivity index (χ0) is 20.1. The third kappa shape index (κ3) is 5.04. The van der Waals surface area contributed by atoms with Crippen LogP contribution in [0.2, 0.25) is 0 Å². The number of amides is 1. The standard InChI is InChI=1S/C24H31N3O2/c1-19(27-15-13-26(14-16-27)18-21-10-7-17-29-21)24(28)25-23-12-6-5-11-22(23)20-8-3-2-4-9-20/h2-6,8-9,11-12,19,21H,7,10,13-18H2,1H3,(H,25,28)/t19-,21-/m1/s1. The first kappa shape index (κ1) is 20.1. The Morgan fingerprint density at radius 2 is 1.79 bits per heavy atom. The summed E-state index contributed by atoms with van der Waals surface area (Å²) in [5, 5.41) is 3.16. The van der Waals surface area contributed by atoms with E-state index in [0.29, 0.717) is 6.10 Å². The molecule has 2 aliphatic rings. The molecule has 154 valence electrons. The van der Waals surface area contributed by atoms with Crippen LogP contribution in [0.3, 0.4) is 0 Å². The van der Waals surface area contributed by atoms with Crippen LogP contribution in [0.4, 0.5) is 5.69 Å². The van der Waals surface area contributed by atoms with E-state index in [1.165, 1.54) is 12.8 Å². The molecule has 0 saturated carbocycles. The lowest BCUT2D eigenvalue weighted by Gasteiger charge is -2.38. The van der Waals surface area contributed by atoms with Gasteiger partial charge in [-0.05, 0) is 31.4 Å². The van der Waals surface area contributed by atoms with Crippen LogP contribution in [0.15, 0.2) is 54.6 Å². The van der Waals surface area contributed by atoms with Crippen molar-refractivity contribution in [2.75, 3.05) is 44.6 Å². The quantitative estimate of drug-likeness (QED) is 0.816. The highest BCUT2D eigenvalue weighted by Gasteiger charge is 2.27. The van der Waals surface area contributed by atoms with E-state index in [-0.39, 0.29) is 11.9 Å². The van der Waals surface area contributed by atoms with E-state index in [9.17, 15) is 4.79 Å². The summed E-state index contributed by atoms with van der Waals surface area (Å²) < 4.78 is 5.76. The summed E-state index contributed by atoms with van der Waals surface area (Å²) in [5.41, 5.74) is 3.03. The van der Waals surface area contributed by atoms with Crippen LogP contribution in [0.25, 0.3) is 11.1 Å². The van der Waals surface area contributed by atoms with E-state index >= 15 is 0 Å². The maximum Gasteiger partial charge on any atom is 0.241 e. The molecule has 29 heavy (non-hydrogen) atoms. The van der Waals surface area contributed by atoms with Crippen molar-refractivity contribution in [1.82, 2.24) is 9.80 Å². The predicted molar refractivity (Wildman–Crippen MR) is 117 cm³/mol. The van der Waals surface area contributed by atoms with Gasteiger partial charge in [0.15, 0.2) is 0 Å². The molecule has 2 aliphatic heterocycles. The van der Waals surface area contributed by atoms with Crippen molar-refractivity contribution in [3.05, 3.63) is 54.6 Å². The van der Waals surface area contributed by atoms with Gasteiger partial charge in [-0.3, -0.25) is 14.6 Å². The van der Waals surface area contributed by atoms with Gasteiger partial charge in [0.1, 0.15) is 0 Å². The second-order valence-electron chi connectivity index (χ2n) is 8.05. The van der Waals surface area contributed by atoms with Gasteiger partial charge in [-0.25, -0.2) is 0 Å². The molecule has 1 amide bonds. The fraction of sp³-hybridized carbons (Fsp3) is 0.458. The van der Waals surface area contributed by atoms with Gasteiger partial charge in [0.2, 0.25) is 5.91 Å². The lowest BCUT2D eigenvalue weighted by atomic mass is 10.0. The molecule has 0 aliphatic carbocycles. The van der Waals surface area contributed by atoms with Crippen LogP contribution in [0, 0.1) is 0 Å². The van der Waals surface area contributed by atoms with Gasteiger partial charge in [0, 0.05) is 50.6 Å². The summed E-state index contributed by atoms with van der Waals surface area (Å²) >= 11 is 0. The molecule has 1 N–H and O–H groups in total. The molecule has 0 aromatic heterocycles. The van der Waals surface area contributed by atoms with Crippen molar-refractivity contribution in [1.29, 1.82) is 0 Å². The molecule has 0 spiro atoms. The van der Waals surface area contributed by atoms with Gasteiger partial charge in [0.05, 0.1) is 12.1 Å². The molecule has 5 heteroatoms. The van der Waals surface area contributed by atoms with Crippen molar-refractivity contribution in [2.45, 2.75) is 31.9 Å². The predicted octanol–water partition coefficient (Wildman–Crippen LogP) is 3.48. The molecule has 2 fully saturated rings. The molecule has 4 rings (SSSR count). The molecule has 2 atom stereocenters. The van der Waals surface area contributed by atoms with Gasteiger partial charge in [-0.1, -0.05) is 48.5 Å². The Morgan fingerprint density at radius 1 is 1.07 bits per heavy atom. The van der Waals surface area contributed by atoms with Crippen molar-refractivity contribution >= 4 is 11.6 Å². The fourth-order valence-electron chi connectivity index (χ4n) is 4.27. The molecule has 2 saturated heterocycles. The molecule has 0 bridgehead atoms. The van der Waals surface area contributed by atoms with Gasteiger partial charge in [-0.2, -0.15) is 0 Å². The van der Waals surface area contributed by atoms with Crippen molar-refractivity contribution < 1.29 is 9.53 Å². The minimum Gasteiger partial charge on any atom is -0.377 e. The number of benzene rings is 2. The molecular weight excluding hydrogens is 362 g/mol. The number of carbonyl (C=O) groups is 1. The SMILES string of the molecule is C[C@H](C(=O)Nc1ccccc1-c1ccccc1)N1CCN(C[C@H]2CCCO2)CC1. The molecular formula is C24H31N3O2. The topological polar surface area (TPSA) is 44.8 Å².